The third-order valence-corrected chi connectivity index (χ3v) is 13.4. The van der Waals surface area contributed by atoms with Gasteiger partial charge in [0.05, 0.1) is 6.04 Å². The van der Waals surface area contributed by atoms with Gasteiger partial charge in [-0.1, -0.05) is 88.0 Å². The van der Waals surface area contributed by atoms with E-state index in [9.17, 15) is 4.79 Å². The molecule has 0 amide bonds. The monoisotopic (exact) mass is 577 g/mol. The van der Waals surface area contributed by atoms with Crippen molar-refractivity contribution in [3.63, 3.8) is 0 Å². The van der Waals surface area contributed by atoms with Crippen molar-refractivity contribution in [1.82, 2.24) is 9.55 Å². The van der Waals surface area contributed by atoms with Gasteiger partial charge in [0.1, 0.15) is 11.9 Å². The summed E-state index contributed by atoms with van der Waals surface area (Å²) in [7, 11) is -2.92. The van der Waals surface area contributed by atoms with Gasteiger partial charge in [-0.15, -0.1) is 0 Å². The van der Waals surface area contributed by atoms with E-state index in [1.54, 1.807) is 0 Å². The van der Waals surface area contributed by atoms with E-state index < -0.39 is 44.5 Å². The number of aromatic nitrogens is 2. The molecule has 0 spiro atoms. The molecule has 0 radical (unpaired) electrons. The Balaban J connectivity index is 1.55. The van der Waals surface area contributed by atoms with Crippen LogP contribution in [0.3, 0.4) is 0 Å². The fraction of sp³-hybridized carbons (Fsp3) is 0.438. The summed E-state index contributed by atoms with van der Waals surface area (Å²) in [5.41, 5.74) is 5.63. The molecule has 2 N–H and O–H groups in total. The lowest BCUT2D eigenvalue weighted by atomic mass is 10.0. The lowest BCUT2D eigenvalue weighted by molar-refractivity contribution is -0.205. The Morgan fingerprint density at radius 2 is 1.71 bits per heavy atom. The molecule has 3 aromatic rings. The van der Waals surface area contributed by atoms with Gasteiger partial charge in [-0.25, -0.2) is 9.18 Å². The molecule has 5 rings (SSSR count). The SMILES string of the molecule is C=C1[C@@H](n2ccc(N)nc2=O)[C@@H](F)[C@H](OC2CCCCO2)[C@H]1CO[Si](c1ccccc1)(c1ccccc1)C(C)(C)C. The second-order valence-electron chi connectivity index (χ2n) is 12.0. The number of halogens is 1. The lowest BCUT2D eigenvalue weighted by Gasteiger charge is -2.44. The van der Waals surface area contributed by atoms with Crippen molar-refractivity contribution in [1.29, 1.82) is 0 Å². The van der Waals surface area contributed by atoms with Crippen molar-refractivity contribution < 1.29 is 18.3 Å². The van der Waals surface area contributed by atoms with Gasteiger partial charge in [-0.05, 0) is 46.3 Å². The van der Waals surface area contributed by atoms with Gasteiger partial charge in [0.2, 0.25) is 0 Å². The summed E-state index contributed by atoms with van der Waals surface area (Å²) in [6, 6.07) is 21.2. The molecule has 218 valence electrons. The second kappa shape index (κ2) is 12.0. The number of nitrogen functional groups attached to an aromatic ring is 1. The zero-order valence-electron chi connectivity index (χ0n) is 24.0. The molecule has 41 heavy (non-hydrogen) atoms. The maximum absolute atomic E-state index is 16.5. The van der Waals surface area contributed by atoms with Crippen LogP contribution in [-0.4, -0.2) is 49.6 Å². The van der Waals surface area contributed by atoms with Crippen molar-refractivity contribution in [2.24, 2.45) is 5.92 Å². The summed E-state index contributed by atoms with van der Waals surface area (Å²) >= 11 is 0. The molecular formula is C32H40FN3O4Si. The van der Waals surface area contributed by atoms with Crippen LogP contribution in [0.15, 0.2) is 89.9 Å². The summed E-state index contributed by atoms with van der Waals surface area (Å²) in [6.07, 6.45) is 1.09. The standard InChI is InChI=1S/C32H40FN3O4Si/c1-22-25(21-39-41(32(2,3)4,23-13-7-5-8-14-23)24-15-9-6-10-16-24)30(40-27-17-11-12-20-38-27)28(33)29(22)36-19-18-26(34)35-31(36)37/h5-10,13-16,18-19,25,27-30H,1,11-12,17,20-21H2,2-4H3,(H2,34,35,37)/t25-,27?,28+,29+,30+/m0/s1. The largest absolute Gasteiger partial charge is 0.407 e. The molecule has 1 unspecified atom stereocenters. The van der Waals surface area contributed by atoms with E-state index in [1.165, 1.54) is 16.8 Å². The van der Waals surface area contributed by atoms with E-state index >= 15 is 4.39 Å². The molecule has 1 aliphatic carbocycles. The summed E-state index contributed by atoms with van der Waals surface area (Å²) in [5, 5.41) is 2.00. The van der Waals surface area contributed by atoms with Gasteiger partial charge in [0, 0.05) is 25.3 Å². The lowest BCUT2D eigenvalue weighted by Crippen LogP contribution is -2.67. The third-order valence-electron chi connectivity index (χ3n) is 8.36. The zero-order valence-corrected chi connectivity index (χ0v) is 25.0. The van der Waals surface area contributed by atoms with Crippen LogP contribution in [0.25, 0.3) is 0 Å². The van der Waals surface area contributed by atoms with E-state index in [1.807, 2.05) is 36.4 Å². The molecular weight excluding hydrogens is 537 g/mol. The average molecular weight is 578 g/mol. The molecule has 0 bridgehead atoms. The van der Waals surface area contributed by atoms with Gasteiger partial charge >= 0.3 is 5.69 Å². The first-order chi connectivity index (χ1) is 19.6. The van der Waals surface area contributed by atoms with Gasteiger partial charge < -0.3 is 19.6 Å². The quantitative estimate of drug-likeness (QED) is 0.316. The molecule has 1 saturated heterocycles. The molecule has 2 heterocycles. The Morgan fingerprint density at radius 3 is 2.24 bits per heavy atom. The highest BCUT2D eigenvalue weighted by Gasteiger charge is 2.54. The van der Waals surface area contributed by atoms with Crippen molar-refractivity contribution in [2.75, 3.05) is 18.9 Å². The van der Waals surface area contributed by atoms with Crippen LogP contribution in [0.2, 0.25) is 5.04 Å². The zero-order chi connectivity index (χ0) is 29.2. The van der Waals surface area contributed by atoms with Gasteiger partial charge in [-0.3, -0.25) is 4.57 Å². The van der Waals surface area contributed by atoms with Crippen LogP contribution in [0.5, 0.6) is 0 Å². The van der Waals surface area contributed by atoms with E-state index in [2.05, 4.69) is 56.6 Å². The number of rotatable bonds is 8. The van der Waals surface area contributed by atoms with Crippen LogP contribution in [0.1, 0.15) is 46.1 Å². The number of nitrogens with zero attached hydrogens (tertiary/aromatic N) is 2. The van der Waals surface area contributed by atoms with Crippen LogP contribution >= 0.6 is 0 Å². The van der Waals surface area contributed by atoms with E-state index in [-0.39, 0.29) is 17.5 Å². The minimum Gasteiger partial charge on any atom is -0.407 e. The van der Waals surface area contributed by atoms with E-state index in [0.717, 1.165) is 23.2 Å². The minimum absolute atomic E-state index is 0.0836. The molecule has 1 aromatic heterocycles. The summed E-state index contributed by atoms with van der Waals surface area (Å²) in [6.45, 7) is 11.7. The molecule has 9 heteroatoms. The molecule has 2 aliphatic rings. The highest BCUT2D eigenvalue weighted by molar-refractivity contribution is 6.99. The Labute approximate surface area is 242 Å². The van der Waals surface area contributed by atoms with Crippen LogP contribution in [-0.2, 0) is 13.9 Å². The molecule has 1 saturated carbocycles. The van der Waals surface area contributed by atoms with Crippen molar-refractivity contribution in [3.05, 3.63) is 95.6 Å². The molecule has 7 nitrogen and oxygen atoms in total. The number of alkyl halides is 1. The average Bonchev–Trinajstić information content (AvgIpc) is 3.18. The first kappa shape index (κ1) is 29.4. The van der Waals surface area contributed by atoms with Gasteiger partial charge in [0.25, 0.3) is 8.32 Å². The number of ether oxygens (including phenoxy) is 2. The number of hydrogen-bond acceptors (Lipinski definition) is 6. The van der Waals surface area contributed by atoms with E-state index in [4.69, 9.17) is 19.6 Å². The summed E-state index contributed by atoms with van der Waals surface area (Å²) in [4.78, 5) is 16.7. The van der Waals surface area contributed by atoms with Crippen LogP contribution in [0.4, 0.5) is 10.2 Å². The van der Waals surface area contributed by atoms with Crippen LogP contribution < -0.4 is 21.8 Å². The number of anilines is 1. The fourth-order valence-electron chi connectivity index (χ4n) is 6.35. The Kier molecular flexibility index (Phi) is 8.61. The maximum atomic E-state index is 16.5. The van der Waals surface area contributed by atoms with Gasteiger partial charge in [-0.2, -0.15) is 4.98 Å². The topological polar surface area (TPSA) is 88.6 Å². The predicted molar refractivity (Wildman–Crippen MR) is 162 cm³/mol. The first-order valence-corrected chi connectivity index (χ1v) is 16.2. The molecule has 2 aromatic carbocycles. The summed E-state index contributed by atoms with van der Waals surface area (Å²) < 4.78 is 37.1. The van der Waals surface area contributed by atoms with E-state index in [0.29, 0.717) is 18.6 Å². The summed E-state index contributed by atoms with van der Waals surface area (Å²) in [5.74, 6) is -0.438. The van der Waals surface area contributed by atoms with Crippen molar-refractivity contribution in [2.45, 2.75) is 69.7 Å². The Bertz CT molecular complexity index is 1350. The van der Waals surface area contributed by atoms with Crippen molar-refractivity contribution in [3.8, 4) is 0 Å². The third kappa shape index (κ3) is 5.68. The smallest absolute Gasteiger partial charge is 0.350 e. The molecule has 5 atom stereocenters. The normalized spacial score (nSPS) is 25.4. The predicted octanol–water partition coefficient (Wildman–Crippen LogP) is 4.38. The number of nitrogens with two attached hydrogens (primary N) is 1. The number of hydrogen-bond donors (Lipinski definition) is 1. The van der Waals surface area contributed by atoms with Gasteiger partial charge in [0.15, 0.2) is 12.5 Å². The van der Waals surface area contributed by atoms with Crippen LogP contribution in [0, 0.1) is 5.92 Å². The maximum Gasteiger partial charge on any atom is 0.350 e. The Morgan fingerprint density at radius 1 is 1.07 bits per heavy atom. The molecule has 1 aliphatic heterocycles. The second-order valence-corrected chi connectivity index (χ2v) is 16.3. The fourth-order valence-corrected chi connectivity index (χ4v) is 10.9. The first-order valence-electron chi connectivity index (χ1n) is 14.3. The highest BCUT2D eigenvalue weighted by atomic mass is 28.4. The molecule has 2 fully saturated rings. The van der Waals surface area contributed by atoms with Crippen molar-refractivity contribution >= 4 is 24.5 Å². The highest BCUT2D eigenvalue weighted by Crippen LogP contribution is 2.45. The minimum atomic E-state index is -2.92. The number of benzene rings is 2. The Hall–Kier alpha value is -3.11.